The summed E-state index contributed by atoms with van der Waals surface area (Å²) in [4.78, 5) is 2.28. The molecule has 2 rings (SSSR count). The topological polar surface area (TPSA) is 62.6 Å². The van der Waals surface area contributed by atoms with Gasteiger partial charge in [-0.3, -0.25) is 4.90 Å². The molecule has 0 saturated carbocycles. The molecule has 1 aromatic rings. The molecule has 0 amide bonds. The van der Waals surface area contributed by atoms with Crippen LogP contribution in [0, 0.1) is 0 Å². The van der Waals surface area contributed by atoms with Crippen molar-refractivity contribution in [2.24, 2.45) is 5.73 Å². The van der Waals surface area contributed by atoms with Gasteiger partial charge in [-0.15, -0.1) is 0 Å². The predicted octanol–water partition coefficient (Wildman–Crippen LogP) is 1.13. The smallest absolute Gasteiger partial charge is 0.122 e. The fraction of sp³-hybridized carbons (Fsp3) is 0.667. The average Bonchev–Trinajstić information content (AvgIpc) is 2.84. The van der Waals surface area contributed by atoms with Gasteiger partial charge in [0.2, 0.25) is 0 Å². The van der Waals surface area contributed by atoms with E-state index in [1.54, 1.807) is 6.26 Å². The lowest BCUT2D eigenvalue weighted by molar-refractivity contribution is 0.0474. The Bertz CT molecular complexity index is 300. The van der Waals surface area contributed by atoms with Crippen LogP contribution in [0.1, 0.15) is 31.1 Å². The molecular formula is C12H20N2O2. The number of likely N-dealkylation sites (tertiary alicyclic amines) is 1. The van der Waals surface area contributed by atoms with Gasteiger partial charge in [0.25, 0.3) is 0 Å². The summed E-state index contributed by atoms with van der Waals surface area (Å²) in [5.41, 5.74) is 5.83. The lowest BCUT2D eigenvalue weighted by Crippen LogP contribution is -2.46. The molecule has 2 unspecified atom stereocenters. The van der Waals surface area contributed by atoms with E-state index in [0.29, 0.717) is 6.54 Å². The number of nitrogens with zero attached hydrogens (tertiary/aromatic N) is 1. The first kappa shape index (κ1) is 11.6. The molecule has 4 heteroatoms. The zero-order valence-electron chi connectivity index (χ0n) is 9.51. The quantitative estimate of drug-likeness (QED) is 0.804. The van der Waals surface area contributed by atoms with Crippen molar-refractivity contribution in [2.75, 3.05) is 19.7 Å². The summed E-state index contributed by atoms with van der Waals surface area (Å²) in [5, 5.41) is 9.39. The van der Waals surface area contributed by atoms with E-state index in [0.717, 1.165) is 18.7 Å². The first-order chi connectivity index (χ1) is 7.86. The molecule has 1 saturated heterocycles. The molecule has 0 aliphatic carbocycles. The molecule has 0 bridgehead atoms. The second-order valence-corrected chi connectivity index (χ2v) is 4.34. The molecule has 1 aliphatic heterocycles. The summed E-state index contributed by atoms with van der Waals surface area (Å²) < 4.78 is 5.43. The minimum absolute atomic E-state index is 0.104. The van der Waals surface area contributed by atoms with E-state index in [2.05, 4.69) is 4.90 Å². The number of piperidine rings is 1. The first-order valence-electron chi connectivity index (χ1n) is 5.97. The molecule has 16 heavy (non-hydrogen) atoms. The van der Waals surface area contributed by atoms with E-state index in [1.807, 2.05) is 12.1 Å². The van der Waals surface area contributed by atoms with Crippen molar-refractivity contribution in [3.05, 3.63) is 24.2 Å². The molecule has 0 aromatic carbocycles. The summed E-state index contributed by atoms with van der Waals surface area (Å²) in [6.07, 6.45) is 5.09. The molecule has 2 atom stereocenters. The number of aliphatic hydroxyl groups excluding tert-OH is 1. The van der Waals surface area contributed by atoms with E-state index in [9.17, 15) is 5.11 Å². The van der Waals surface area contributed by atoms with Crippen LogP contribution in [0.2, 0.25) is 0 Å². The summed E-state index contributed by atoms with van der Waals surface area (Å²) >= 11 is 0. The minimum atomic E-state index is 0.104. The van der Waals surface area contributed by atoms with Gasteiger partial charge in [0.05, 0.1) is 18.9 Å². The molecule has 1 aromatic heterocycles. The maximum Gasteiger partial charge on any atom is 0.122 e. The highest BCUT2D eigenvalue weighted by molar-refractivity contribution is 5.06. The third kappa shape index (κ3) is 2.29. The number of rotatable bonds is 4. The second kappa shape index (κ2) is 5.48. The molecular weight excluding hydrogens is 204 g/mol. The third-order valence-corrected chi connectivity index (χ3v) is 3.38. The summed E-state index contributed by atoms with van der Waals surface area (Å²) in [6, 6.07) is 4.18. The van der Waals surface area contributed by atoms with Crippen LogP contribution in [0.15, 0.2) is 22.8 Å². The van der Waals surface area contributed by atoms with Crippen molar-refractivity contribution in [3.8, 4) is 0 Å². The largest absolute Gasteiger partial charge is 0.468 e. The number of aliphatic hydroxyl groups is 1. The predicted molar refractivity (Wildman–Crippen MR) is 61.9 cm³/mol. The SMILES string of the molecule is NCC(c1ccco1)N1CCCCC1CO. The Morgan fingerprint density at radius 1 is 1.56 bits per heavy atom. The van der Waals surface area contributed by atoms with Crippen molar-refractivity contribution in [1.82, 2.24) is 4.90 Å². The van der Waals surface area contributed by atoms with E-state index in [-0.39, 0.29) is 18.7 Å². The van der Waals surface area contributed by atoms with Crippen LogP contribution in [0.25, 0.3) is 0 Å². The standard InChI is InChI=1S/C12H20N2O2/c13-8-11(12-5-3-7-16-12)14-6-2-1-4-10(14)9-15/h3,5,7,10-11,15H,1-2,4,6,8-9,13H2. The Kier molecular flexibility index (Phi) is 3.98. The first-order valence-corrected chi connectivity index (χ1v) is 5.97. The number of hydrogen-bond donors (Lipinski definition) is 2. The average molecular weight is 224 g/mol. The van der Waals surface area contributed by atoms with Crippen molar-refractivity contribution in [3.63, 3.8) is 0 Å². The van der Waals surface area contributed by atoms with Crippen LogP contribution in [0.4, 0.5) is 0 Å². The Hall–Kier alpha value is -0.840. The highest BCUT2D eigenvalue weighted by Crippen LogP contribution is 2.27. The second-order valence-electron chi connectivity index (χ2n) is 4.34. The Balaban J connectivity index is 2.13. The third-order valence-electron chi connectivity index (χ3n) is 3.38. The van der Waals surface area contributed by atoms with Crippen LogP contribution >= 0.6 is 0 Å². The van der Waals surface area contributed by atoms with Gasteiger partial charge < -0.3 is 15.3 Å². The molecule has 3 N–H and O–H groups in total. The highest BCUT2D eigenvalue weighted by Gasteiger charge is 2.29. The van der Waals surface area contributed by atoms with Crippen LogP contribution < -0.4 is 5.73 Å². The lowest BCUT2D eigenvalue weighted by Gasteiger charge is -2.39. The highest BCUT2D eigenvalue weighted by atomic mass is 16.3. The van der Waals surface area contributed by atoms with Crippen molar-refractivity contribution >= 4 is 0 Å². The van der Waals surface area contributed by atoms with Gasteiger partial charge in [-0.1, -0.05) is 6.42 Å². The van der Waals surface area contributed by atoms with E-state index >= 15 is 0 Å². The molecule has 1 fully saturated rings. The molecule has 1 aliphatic rings. The van der Waals surface area contributed by atoms with Crippen molar-refractivity contribution in [1.29, 1.82) is 0 Å². The number of hydrogen-bond acceptors (Lipinski definition) is 4. The van der Waals surface area contributed by atoms with E-state index in [4.69, 9.17) is 10.2 Å². The fourth-order valence-electron chi connectivity index (χ4n) is 2.53. The van der Waals surface area contributed by atoms with Crippen LogP contribution in [0.5, 0.6) is 0 Å². The van der Waals surface area contributed by atoms with Gasteiger partial charge in [0.1, 0.15) is 5.76 Å². The Labute approximate surface area is 96.0 Å². The molecule has 4 nitrogen and oxygen atoms in total. The monoisotopic (exact) mass is 224 g/mol. The van der Waals surface area contributed by atoms with Crippen LogP contribution in [-0.2, 0) is 0 Å². The van der Waals surface area contributed by atoms with E-state index < -0.39 is 0 Å². The van der Waals surface area contributed by atoms with Gasteiger partial charge in [0.15, 0.2) is 0 Å². The van der Waals surface area contributed by atoms with Gasteiger partial charge >= 0.3 is 0 Å². The van der Waals surface area contributed by atoms with Gasteiger partial charge in [-0.25, -0.2) is 0 Å². The number of nitrogens with two attached hydrogens (primary N) is 1. The zero-order valence-corrected chi connectivity index (χ0v) is 9.51. The summed E-state index contributed by atoms with van der Waals surface area (Å²) in [6.45, 7) is 1.73. The summed E-state index contributed by atoms with van der Waals surface area (Å²) in [5.74, 6) is 0.905. The summed E-state index contributed by atoms with van der Waals surface area (Å²) in [7, 11) is 0. The Morgan fingerprint density at radius 2 is 2.44 bits per heavy atom. The maximum atomic E-state index is 9.39. The van der Waals surface area contributed by atoms with Gasteiger partial charge in [-0.2, -0.15) is 0 Å². The van der Waals surface area contributed by atoms with Crippen molar-refractivity contribution in [2.45, 2.75) is 31.3 Å². The normalized spacial score (nSPS) is 24.5. The Morgan fingerprint density at radius 3 is 3.06 bits per heavy atom. The van der Waals surface area contributed by atoms with Gasteiger partial charge in [0, 0.05) is 12.6 Å². The number of furan rings is 1. The van der Waals surface area contributed by atoms with Crippen molar-refractivity contribution < 1.29 is 9.52 Å². The molecule has 2 heterocycles. The van der Waals surface area contributed by atoms with E-state index in [1.165, 1.54) is 12.8 Å². The lowest BCUT2D eigenvalue weighted by atomic mass is 9.99. The van der Waals surface area contributed by atoms with Gasteiger partial charge in [-0.05, 0) is 31.5 Å². The molecule has 0 radical (unpaired) electrons. The molecule has 90 valence electrons. The zero-order chi connectivity index (χ0) is 11.4. The molecule has 0 spiro atoms. The van der Waals surface area contributed by atoms with Crippen LogP contribution in [0.3, 0.4) is 0 Å². The van der Waals surface area contributed by atoms with Crippen LogP contribution in [-0.4, -0.2) is 35.7 Å². The fourth-order valence-corrected chi connectivity index (χ4v) is 2.53. The minimum Gasteiger partial charge on any atom is -0.468 e. The maximum absolute atomic E-state index is 9.39.